The third-order valence-electron chi connectivity index (χ3n) is 4.72. The summed E-state index contributed by atoms with van der Waals surface area (Å²) in [6.07, 6.45) is 4.00. The molecule has 5 nitrogen and oxygen atoms in total. The van der Waals surface area contributed by atoms with E-state index < -0.39 is 0 Å². The van der Waals surface area contributed by atoms with Gasteiger partial charge >= 0.3 is 0 Å². The average molecular weight is 309 g/mol. The number of rotatable bonds is 2. The molecule has 1 unspecified atom stereocenters. The highest BCUT2D eigenvalue weighted by Crippen LogP contribution is 2.40. The molecule has 3 rings (SSSR count). The van der Waals surface area contributed by atoms with Crippen molar-refractivity contribution in [3.05, 3.63) is 16.5 Å². The normalized spacial score (nSPS) is 24.0. The van der Waals surface area contributed by atoms with E-state index in [0.717, 1.165) is 43.7 Å². The lowest BCUT2D eigenvalue weighted by Crippen LogP contribution is -2.31. The van der Waals surface area contributed by atoms with Crippen LogP contribution in [-0.2, 0) is 16.6 Å². The number of hydrogen-bond donors (Lipinski definition) is 1. The molecule has 0 bridgehead atoms. The van der Waals surface area contributed by atoms with Gasteiger partial charge in [0.25, 0.3) is 0 Å². The molecule has 1 aromatic heterocycles. The number of carbonyl (C=O) groups excluding carboxylic acids is 1. The van der Waals surface area contributed by atoms with Crippen molar-refractivity contribution >= 4 is 23.3 Å². The average Bonchev–Trinajstić information content (AvgIpc) is 2.88. The molecule has 1 saturated heterocycles. The Morgan fingerprint density at radius 2 is 2.19 bits per heavy atom. The molecule has 1 amide bonds. The summed E-state index contributed by atoms with van der Waals surface area (Å²) in [5.41, 5.74) is 7.71. The van der Waals surface area contributed by atoms with Crippen molar-refractivity contribution in [3.63, 3.8) is 0 Å². The zero-order valence-electron chi connectivity index (χ0n) is 12.5. The molecule has 1 aliphatic carbocycles. The van der Waals surface area contributed by atoms with E-state index in [1.165, 1.54) is 5.56 Å². The molecule has 1 fully saturated rings. The third kappa shape index (κ3) is 2.59. The molecule has 0 aromatic carbocycles. The first-order chi connectivity index (χ1) is 9.88. The lowest BCUT2D eigenvalue weighted by molar-refractivity contribution is -0.121. The summed E-state index contributed by atoms with van der Waals surface area (Å²) in [6, 6.07) is 0. The molecule has 0 radical (unpaired) electrons. The van der Waals surface area contributed by atoms with E-state index in [-0.39, 0.29) is 17.2 Å². The molecule has 6 heteroatoms. The Morgan fingerprint density at radius 3 is 2.86 bits per heavy atom. The van der Waals surface area contributed by atoms with Crippen LogP contribution in [0, 0.1) is 5.92 Å². The number of aromatic nitrogens is 2. The van der Waals surface area contributed by atoms with Gasteiger partial charge in [0.05, 0.1) is 11.6 Å². The number of halogens is 1. The lowest BCUT2D eigenvalue weighted by atomic mass is 9.76. The number of hydrogen-bond acceptors (Lipinski definition) is 4. The molecule has 21 heavy (non-hydrogen) atoms. The van der Waals surface area contributed by atoms with Gasteiger partial charge in [0.1, 0.15) is 5.82 Å². The highest BCUT2D eigenvalue weighted by molar-refractivity contribution is 6.28. The summed E-state index contributed by atoms with van der Waals surface area (Å²) in [7, 11) is 0. The van der Waals surface area contributed by atoms with Crippen LogP contribution in [0.25, 0.3) is 0 Å². The number of nitrogens with two attached hydrogens (primary N) is 1. The van der Waals surface area contributed by atoms with Crippen LogP contribution < -0.4 is 10.6 Å². The van der Waals surface area contributed by atoms with Gasteiger partial charge in [-0.25, -0.2) is 9.97 Å². The quantitative estimate of drug-likeness (QED) is 0.849. The van der Waals surface area contributed by atoms with E-state index in [1.54, 1.807) is 0 Å². The number of amides is 1. The number of nitrogens with zero attached hydrogens (tertiary/aromatic N) is 3. The van der Waals surface area contributed by atoms with Crippen LogP contribution >= 0.6 is 11.6 Å². The molecule has 114 valence electrons. The molecule has 0 saturated carbocycles. The van der Waals surface area contributed by atoms with E-state index in [2.05, 4.69) is 28.7 Å². The van der Waals surface area contributed by atoms with Crippen molar-refractivity contribution in [3.8, 4) is 0 Å². The maximum atomic E-state index is 11.4. The standard InChI is InChI=1S/C15H21ClN4O/c1-15(2)6-3-4-10-11(15)18-14(16)19-13(10)20-7-5-9(8-20)12(17)21/h9H,3-8H2,1-2H3,(H2,17,21). The molecule has 1 atom stereocenters. The largest absolute Gasteiger partial charge is 0.369 e. The zero-order valence-corrected chi connectivity index (χ0v) is 13.3. The number of primary amides is 1. The van der Waals surface area contributed by atoms with Gasteiger partial charge in [-0.15, -0.1) is 0 Å². The highest BCUT2D eigenvalue weighted by atomic mass is 35.5. The van der Waals surface area contributed by atoms with Crippen LogP contribution in [0.4, 0.5) is 5.82 Å². The fourth-order valence-corrected chi connectivity index (χ4v) is 3.67. The van der Waals surface area contributed by atoms with E-state index in [0.29, 0.717) is 11.8 Å². The second-order valence-electron chi connectivity index (χ2n) is 6.71. The third-order valence-corrected chi connectivity index (χ3v) is 4.89. The molecular formula is C15H21ClN4O. The van der Waals surface area contributed by atoms with Crippen LogP contribution in [-0.4, -0.2) is 29.0 Å². The van der Waals surface area contributed by atoms with Gasteiger partial charge in [-0.3, -0.25) is 4.79 Å². The summed E-state index contributed by atoms with van der Waals surface area (Å²) in [5.74, 6) is 0.583. The molecule has 1 aromatic rings. The van der Waals surface area contributed by atoms with Gasteiger partial charge in [-0.2, -0.15) is 0 Å². The van der Waals surface area contributed by atoms with E-state index >= 15 is 0 Å². The van der Waals surface area contributed by atoms with Gasteiger partial charge < -0.3 is 10.6 Å². The van der Waals surface area contributed by atoms with Crippen molar-refractivity contribution in [2.75, 3.05) is 18.0 Å². The minimum absolute atomic E-state index is 0.0255. The van der Waals surface area contributed by atoms with Gasteiger partial charge in [0, 0.05) is 24.1 Å². The second kappa shape index (κ2) is 5.13. The Hall–Kier alpha value is -1.36. The summed E-state index contributed by atoms with van der Waals surface area (Å²) in [4.78, 5) is 22.5. The van der Waals surface area contributed by atoms with Gasteiger partial charge in [0.15, 0.2) is 0 Å². The predicted octanol–water partition coefficient (Wildman–Crippen LogP) is 2.06. The Morgan fingerprint density at radius 1 is 1.43 bits per heavy atom. The number of fused-ring (bicyclic) bond motifs is 1. The van der Waals surface area contributed by atoms with Crippen molar-refractivity contribution in [2.45, 2.75) is 44.9 Å². The van der Waals surface area contributed by atoms with Gasteiger partial charge in [-0.05, 0) is 37.3 Å². The van der Waals surface area contributed by atoms with E-state index in [9.17, 15) is 4.79 Å². The fraction of sp³-hybridized carbons (Fsp3) is 0.667. The fourth-order valence-electron chi connectivity index (χ4n) is 3.51. The first kappa shape index (κ1) is 14.6. The minimum Gasteiger partial charge on any atom is -0.369 e. The van der Waals surface area contributed by atoms with Crippen LogP contribution in [0.2, 0.25) is 5.28 Å². The van der Waals surface area contributed by atoms with Crippen molar-refractivity contribution < 1.29 is 4.79 Å². The maximum absolute atomic E-state index is 11.4. The number of carbonyl (C=O) groups is 1. The molecule has 0 spiro atoms. The summed E-state index contributed by atoms with van der Waals surface area (Å²) in [5, 5.41) is 0.293. The summed E-state index contributed by atoms with van der Waals surface area (Å²) < 4.78 is 0. The lowest BCUT2D eigenvalue weighted by Gasteiger charge is -2.33. The molecule has 2 heterocycles. The van der Waals surface area contributed by atoms with Crippen LogP contribution in [0.1, 0.15) is 44.4 Å². The van der Waals surface area contributed by atoms with E-state index in [4.69, 9.17) is 17.3 Å². The first-order valence-electron chi connectivity index (χ1n) is 7.49. The van der Waals surface area contributed by atoms with Crippen molar-refractivity contribution in [1.29, 1.82) is 0 Å². The van der Waals surface area contributed by atoms with Crippen molar-refractivity contribution in [2.24, 2.45) is 11.7 Å². The van der Waals surface area contributed by atoms with Crippen LogP contribution in [0.5, 0.6) is 0 Å². The Labute approximate surface area is 129 Å². The van der Waals surface area contributed by atoms with Crippen molar-refractivity contribution in [1.82, 2.24) is 9.97 Å². The van der Waals surface area contributed by atoms with Crippen LogP contribution in [0.15, 0.2) is 0 Å². The Bertz CT molecular complexity index is 587. The Kier molecular flexibility index (Phi) is 3.56. The molecule has 2 aliphatic rings. The monoisotopic (exact) mass is 308 g/mol. The minimum atomic E-state index is -0.230. The topological polar surface area (TPSA) is 72.1 Å². The predicted molar refractivity (Wildman–Crippen MR) is 82.5 cm³/mol. The summed E-state index contributed by atoms with van der Waals surface area (Å²) in [6.45, 7) is 5.84. The highest BCUT2D eigenvalue weighted by Gasteiger charge is 2.35. The Balaban J connectivity index is 2.00. The van der Waals surface area contributed by atoms with Gasteiger partial charge in [-0.1, -0.05) is 13.8 Å². The van der Waals surface area contributed by atoms with Gasteiger partial charge in [0.2, 0.25) is 11.2 Å². The summed E-state index contributed by atoms with van der Waals surface area (Å²) >= 11 is 6.15. The number of anilines is 1. The zero-order chi connectivity index (χ0) is 15.2. The molecule has 2 N–H and O–H groups in total. The van der Waals surface area contributed by atoms with Crippen LogP contribution in [0.3, 0.4) is 0 Å². The SMILES string of the molecule is CC1(C)CCCc2c(N3CCC(C(N)=O)C3)nc(Cl)nc21. The smallest absolute Gasteiger partial charge is 0.224 e. The second-order valence-corrected chi connectivity index (χ2v) is 7.05. The molecular weight excluding hydrogens is 288 g/mol. The molecule has 1 aliphatic heterocycles. The first-order valence-corrected chi connectivity index (χ1v) is 7.87. The maximum Gasteiger partial charge on any atom is 0.224 e. The van der Waals surface area contributed by atoms with E-state index in [1.807, 2.05) is 0 Å².